The molecule has 0 radical (unpaired) electrons. The summed E-state index contributed by atoms with van der Waals surface area (Å²) in [7, 11) is 0. The maximum atomic E-state index is 12.3. The third-order valence-electron chi connectivity index (χ3n) is 4.63. The van der Waals surface area contributed by atoms with Gasteiger partial charge in [0.2, 0.25) is 0 Å². The molecule has 0 bridgehead atoms. The first-order valence-electron chi connectivity index (χ1n) is 8.82. The zero-order chi connectivity index (χ0) is 16.8. The van der Waals surface area contributed by atoms with Crippen LogP contribution >= 0.6 is 0 Å². The van der Waals surface area contributed by atoms with Gasteiger partial charge in [0.15, 0.2) is 0 Å². The lowest BCUT2D eigenvalue weighted by molar-refractivity contribution is 0.0933. The van der Waals surface area contributed by atoms with Gasteiger partial charge >= 0.3 is 0 Å². The monoisotopic (exact) mass is 323 g/mol. The van der Waals surface area contributed by atoms with Crippen molar-refractivity contribution in [1.82, 2.24) is 10.3 Å². The number of rotatable bonds is 6. The second-order valence-electron chi connectivity index (χ2n) is 6.36. The molecule has 3 rings (SSSR count). The largest absolute Gasteiger partial charge is 0.366 e. The van der Waals surface area contributed by atoms with E-state index in [2.05, 4.69) is 46.4 Å². The number of hydrogen-bond donors (Lipinski definition) is 1. The number of aromatic nitrogens is 1. The van der Waals surface area contributed by atoms with Crippen molar-refractivity contribution in [3.63, 3.8) is 0 Å². The molecule has 0 aliphatic heterocycles. The lowest BCUT2D eigenvalue weighted by Gasteiger charge is -2.23. The third kappa shape index (κ3) is 4.13. The van der Waals surface area contributed by atoms with Crippen molar-refractivity contribution in [2.24, 2.45) is 0 Å². The van der Waals surface area contributed by atoms with Gasteiger partial charge in [0.05, 0.1) is 11.9 Å². The van der Waals surface area contributed by atoms with Gasteiger partial charge in [-0.15, -0.1) is 0 Å². The molecule has 0 atom stereocenters. The van der Waals surface area contributed by atoms with Crippen LogP contribution in [0.15, 0.2) is 48.7 Å². The number of anilines is 1. The van der Waals surface area contributed by atoms with Gasteiger partial charge in [-0.2, -0.15) is 0 Å². The van der Waals surface area contributed by atoms with E-state index in [1.165, 1.54) is 18.4 Å². The van der Waals surface area contributed by atoms with Crippen LogP contribution in [0.2, 0.25) is 0 Å². The Bertz CT molecular complexity index is 648. The van der Waals surface area contributed by atoms with Crippen LogP contribution in [0.5, 0.6) is 0 Å². The Balaban J connectivity index is 1.64. The number of nitrogens with zero attached hydrogens (tertiary/aromatic N) is 2. The zero-order valence-corrected chi connectivity index (χ0v) is 14.2. The Kier molecular flexibility index (Phi) is 5.47. The molecule has 0 unspecified atom stereocenters. The number of carbonyl (C=O) groups is 1. The van der Waals surface area contributed by atoms with Crippen LogP contribution in [0.4, 0.5) is 5.69 Å². The van der Waals surface area contributed by atoms with E-state index in [1.807, 2.05) is 18.2 Å². The van der Waals surface area contributed by atoms with E-state index >= 15 is 0 Å². The average Bonchev–Trinajstić information content (AvgIpc) is 3.14. The molecule has 2 aromatic rings. The van der Waals surface area contributed by atoms with E-state index in [4.69, 9.17) is 0 Å². The first-order chi connectivity index (χ1) is 11.8. The van der Waals surface area contributed by atoms with Gasteiger partial charge in [0.25, 0.3) is 5.91 Å². The van der Waals surface area contributed by atoms with Crippen LogP contribution in [0, 0.1) is 0 Å². The summed E-state index contributed by atoms with van der Waals surface area (Å²) in [4.78, 5) is 18.9. The fraction of sp³-hybridized carbons (Fsp3) is 0.400. The van der Waals surface area contributed by atoms with E-state index < -0.39 is 0 Å². The molecule has 24 heavy (non-hydrogen) atoms. The maximum Gasteiger partial charge on any atom is 0.270 e. The van der Waals surface area contributed by atoms with Gasteiger partial charge in [0, 0.05) is 19.1 Å². The lowest BCUT2D eigenvalue weighted by atomic mass is 10.2. The molecule has 1 heterocycles. The molecule has 4 nitrogen and oxygen atoms in total. The SMILES string of the molecule is CCN(Cc1ccccc1)c1ccc(C(=O)NC2CCCC2)nc1. The third-order valence-corrected chi connectivity index (χ3v) is 4.63. The number of benzene rings is 1. The maximum absolute atomic E-state index is 12.3. The van der Waals surface area contributed by atoms with Crippen LogP contribution in [-0.2, 0) is 6.54 Å². The summed E-state index contributed by atoms with van der Waals surface area (Å²) < 4.78 is 0. The van der Waals surface area contributed by atoms with E-state index in [1.54, 1.807) is 6.20 Å². The highest BCUT2D eigenvalue weighted by molar-refractivity contribution is 5.92. The average molecular weight is 323 g/mol. The van der Waals surface area contributed by atoms with Crippen molar-refractivity contribution < 1.29 is 4.79 Å². The van der Waals surface area contributed by atoms with Crippen molar-refractivity contribution in [1.29, 1.82) is 0 Å². The summed E-state index contributed by atoms with van der Waals surface area (Å²) in [5, 5.41) is 3.08. The molecule has 4 heteroatoms. The molecular weight excluding hydrogens is 298 g/mol. The Morgan fingerprint density at radius 2 is 1.92 bits per heavy atom. The van der Waals surface area contributed by atoms with Gasteiger partial charge in [0.1, 0.15) is 5.69 Å². The Hall–Kier alpha value is -2.36. The molecule has 1 aliphatic rings. The predicted octanol–water partition coefficient (Wildman–Crippen LogP) is 3.78. The summed E-state index contributed by atoms with van der Waals surface area (Å²) in [6.07, 6.45) is 6.40. The molecular formula is C20H25N3O. The quantitative estimate of drug-likeness (QED) is 0.880. The number of amides is 1. The molecule has 1 saturated carbocycles. The molecule has 1 aromatic heterocycles. The predicted molar refractivity (Wildman–Crippen MR) is 97.1 cm³/mol. The first kappa shape index (κ1) is 16.5. The normalized spacial score (nSPS) is 14.5. The van der Waals surface area contributed by atoms with Crippen LogP contribution in [0.25, 0.3) is 0 Å². The smallest absolute Gasteiger partial charge is 0.270 e. The highest BCUT2D eigenvalue weighted by Gasteiger charge is 2.18. The van der Waals surface area contributed by atoms with Crippen LogP contribution in [0.3, 0.4) is 0 Å². The minimum atomic E-state index is -0.0560. The molecule has 126 valence electrons. The highest BCUT2D eigenvalue weighted by atomic mass is 16.1. The van der Waals surface area contributed by atoms with Crippen molar-refractivity contribution in [3.8, 4) is 0 Å². The van der Waals surface area contributed by atoms with Crippen molar-refractivity contribution in [2.75, 3.05) is 11.4 Å². The molecule has 1 aliphatic carbocycles. The molecule has 1 fully saturated rings. The fourth-order valence-corrected chi connectivity index (χ4v) is 3.23. The summed E-state index contributed by atoms with van der Waals surface area (Å²) in [6, 6.07) is 14.5. The van der Waals surface area contributed by atoms with Crippen molar-refractivity contribution >= 4 is 11.6 Å². The summed E-state index contributed by atoms with van der Waals surface area (Å²) >= 11 is 0. The second-order valence-corrected chi connectivity index (χ2v) is 6.36. The molecule has 1 amide bonds. The van der Waals surface area contributed by atoms with E-state index in [0.717, 1.165) is 31.6 Å². The Labute approximate surface area is 143 Å². The molecule has 0 spiro atoms. The second kappa shape index (κ2) is 7.95. The van der Waals surface area contributed by atoms with E-state index in [0.29, 0.717) is 11.7 Å². The minimum Gasteiger partial charge on any atom is -0.366 e. The van der Waals surface area contributed by atoms with Gasteiger partial charge < -0.3 is 10.2 Å². The molecule has 1 aromatic carbocycles. The minimum absolute atomic E-state index is 0.0560. The van der Waals surface area contributed by atoms with Crippen LogP contribution < -0.4 is 10.2 Å². The van der Waals surface area contributed by atoms with Gasteiger partial charge in [-0.1, -0.05) is 43.2 Å². The summed E-state index contributed by atoms with van der Waals surface area (Å²) in [5.74, 6) is -0.0560. The van der Waals surface area contributed by atoms with Crippen LogP contribution in [0.1, 0.15) is 48.7 Å². The van der Waals surface area contributed by atoms with E-state index in [9.17, 15) is 4.79 Å². The van der Waals surface area contributed by atoms with Crippen molar-refractivity contribution in [3.05, 3.63) is 59.9 Å². The van der Waals surface area contributed by atoms with Gasteiger partial charge in [-0.25, -0.2) is 4.98 Å². The molecule has 1 N–H and O–H groups in total. The molecule has 0 saturated heterocycles. The van der Waals surface area contributed by atoms with Crippen LogP contribution in [-0.4, -0.2) is 23.5 Å². The number of carbonyl (C=O) groups excluding carboxylic acids is 1. The van der Waals surface area contributed by atoms with Crippen molar-refractivity contribution in [2.45, 2.75) is 45.2 Å². The standard InChI is InChI=1S/C20H25N3O/c1-2-23(15-16-8-4-3-5-9-16)18-12-13-19(21-14-18)20(24)22-17-10-6-7-11-17/h3-5,8-9,12-14,17H,2,6-7,10-11,15H2,1H3,(H,22,24). The Morgan fingerprint density at radius 1 is 1.17 bits per heavy atom. The number of hydrogen-bond acceptors (Lipinski definition) is 3. The van der Waals surface area contributed by atoms with Gasteiger partial charge in [-0.05, 0) is 37.5 Å². The number of pyridine rings is 1. The lowest BCUT2D eigenvalue weighted by Crippen LogP contribution is -2.33. The first-order valence-corrected chi connectivity index (χ1v) is 8.82. The highest BCUT2D eigenvalue weighted by Crippen LogP contribution is 2.19. The summed E-state index contributed by atoms with van der Waals surface area (Å²) in [5.41, 5.74) is 2.81. The van der Waals surface area contributed by atoms with Gasteiger partial charge in [-0.3, -0.25) is 4.79 Å². The topological polar surface area (TPSA) is 45.2 Å². The zero-order valence-electron chi connectivity index (χ0n) is 14.2. The van der Waals surface area contributed by atoms with E-state index in [-0.39, 0.29) is 5.91 Å². The fourth-order valence-electron chi connectivity index (χ4n) is 3.23. The number of nitrogens with one attached hydrogen (secondary N) is 1. The Morgan fingerprint density at radius 3 is 2.54 bits per heavy atom. The summed E-state index contributed by atoms with van der Waals surface area (Å²) in [6.45, 7) is 3.86.